The van der Waals surface area contributed by atoms with E-state index in [1.54, 1.807) is 19.0 Å². The normalized spacial score (nSPS) is 11.2. The third kappa shape index (κ3) is 2.50. The van der Waals surface area contributed by atoms with E-state index in [0.717, 1.165) is 0 Å². The minimum Gasteiger partial charge on any atom is -0.377 e. The van der Waals surface area contributed by atoms with E-state index in [0.29, 0.717) is 5.69 Å². The van der Waals surface area contributed by atoms with E-state index in [-0.39, 0.29) is 10.5 Å². The fraction of sp³-hybridized carbons (Fsp3) is 0.222. The van der Waals surface area contributed by atoms with Crippen LogP contribution in [0.4, 0.5) is 5.69 Å². The Morgan fingerprint density at radius 3 is 2.25 bits per heavy atom. The monoisotopic (exact) mass is 243 g/mol. The van der Waals surface area contributed by atoms with Gasteiger partial charge in [-0.1, -0.05) is 0 Å². The highest BCUT2D eigenvalue weighted by Crippen LogP contribution is 2.23. The predicted octanol–water partition coefficient (Wildman–Crippen LogP) is -0.501. The lowest BCUT2D eigenvalue weighted by atomic mass is 10.2. The molecular weight excluding hydrogens is 230 g/mol. The molecular formula is C9H13N3O3S. The van der Waals surface area contributed by atoms with Gasteiger partial charge in [-0.25, -0.2) is 13.6 Å². The van der Waals surface area contributed by atoms with Gasteiger partial charge in [0.05, 0.1) is 5.69 Å². The van der Waals surface area contributed by atoms with Crippen LogP contribution in [0.25, 0.3) is 0 Å². The van der Waals surface area contributed by atoms with Crippen molar-refractivity contribution >= 4 is 21.6 Å². The van der Waals surface area contributed by atoms with Crippen LogP contribution in [0.2, 0.25) is 0 Å². The van der Waals surface area contributed by atoms with Crippen molar-refractivity contribution in [2.75, 3.05) is 19.0 Å². The summed E-state index contributed by atoms with van der Waals surface area (Å²) in [7, 11) is -0.535. The first-order chi connectivity index (χ1) is 7.23. The van der Waals surface area contributed by atoms with Gasteiger partial charge in [0.15, 0.2) is 0 Å². The average Bonchev–Trinajstić information content (AvgIpc) is 2.15. The minimum atomic E-state index is -3.88. The van der Waals surface area contributed by atoms with Crippen LogP contribution >= 0.6 is 0 Å². The van der Waals surface area contributed by atoms with Crippen LogP contribution in [-0.4, -0.2) is 28.4 Å². The third-order valence-corrected chi connectivity index (χ3v) is 2.97. The van der Waals surface area contributed by atoms with E-state index in [9.17, 15) is 13.2 Å². The summed E-state index contributed by atoms with van der Waals surface area (Å²) in [5.74, 6) is -0.699. The second kappa shape index (κ2) is 4.11. The van der Waals surface area contributed by atoms with Gasteiger partial charge < -0.3 is 10.6 Å². The van der Waals surface area contributed by atoms with Crippen molar-refractivity contribution in [3.8, 4) is 0 Å². The van der Waals surface area contributed by atoms with Gasteiger partial charge in [-0.3, -0.25) is 4.79 Å². The summed E-state index contributed by atoms with van der Waals surface area (Å²) in [6.45, 7) is 0. The number of primary sulfonamides is 1. The maximum atomic E-state index is 11.3. The Kier molecular flexibility index (Phi) is 3.20. The van der Waals surface area contributed by atoms with Crippen LogP contribution in [0.1, 0.15) is 10.4 Å². The molecule has 0 heterocycles. The molecule has 1 aromatic carbocycles. The number of anilines is 1. The second-order valence-electron chi connectivity index (χ2n) is 3.49. The third-order valence-electron chi connectivity index (χ3n) is 2.03. The van der Waals surface area contributed by atoms with Crippen LogP contribution < -0.4 is 15.8 Å². The molecule has 0 spiro atoms. The van der Waals surface area contributed by atoms with E-state index in [1.165, 1.54) is 18.2 Å². The number of sulfonamides is 1. The number of hydrogen-bond donors (Lipinski definition) is 2. The maximum absolute atomic E-state index is 11.3. The molecule has 4 N–H and O–H groups in total. The highest BCUT2D eigenvalue weighted by molar-refractivity contribution is 7.89. The van der Waals surface area contributed by atoms with Gasteiger partial charge in [0.1, 0.15) is 4.90 Å². The first-order valence-corrected chi connectivity index (χ1v) is 5.92. The van der Waals surface area contributed by atoms with Crippen molar-refractivity contribution in [1.29, 1.82) is 0 Å². The van der Waals surface area contributed by atoms with E-state index in [4.69, 9.17) is 10.9 Å². The molecule has 0 aliphatic heterocycles. The van der Waals surface area contributed by atoms with E-state index in [2.05, 4.69) is 0 Å². The van der Waals surface area contributed by atoms with Crippen molar-refractivity contribution in [3.05, 3.63) is 23.8 Å². The Hall–Kier alpha value is -1.60. The van der Waals surface area contributed by atoms with Crippen molar-refractivity contribution < 1.29 is 13.2 Å². The summed E-state index contributed by atoms with van der Waals surface area (Å²) >= 11 is 0. The van der Waals surface area contributed by atoms with Crippen molar-refractivity contribution in [2.45, 2.75) is 4.90 Å². The SMILES string of the molecule is CN(C)c1ccc(C(N)=O)cc1S(N)(=O)=O. The summed E-state index contributed by atoms with van der Waals surface area (Å²) in [6.07, 6.45) is 0. The summed E-state index contributed by atoms with van der Waals surface area (Å²) in [5, 5.41) is 5.06. The fourth-order valence-corrected chi connectivity index (χ4v) is 2.10. The number of nitrogens with zero attached hydrogens (tertiary/aromatic N) is 1. The average molecular weight is 243 g/mol. The number of primary amides is 1. The van der Waals surface area contributed by atoms with Crippen molar-refractivity contribution in [2.24, 2.45) is 10.9 Å². The number of benzene rings is 1. The molecule has 0 unspecified atom stereocenters. The molecule has 0 fully saturated rings. The van der Waals surface area contributed by atoms with Gasteiger partial charge in [0.2, 0.25) is 15.9 Å². The van der Waals surface area contributed by atoms with Gasteiger partial charge in [-0.2, -0.15) is 0 Å². The zero-order chi connectivity index (χ0) is 12.5. The molecule has 0 aliphatic carbocycles. The first-order valence-electron chi connectivity index (χ1n) is 4.37. The number of rotatable bonds is 3. The largest absolute Gasteiger partial charge is 0.377 e. The maximum Gasteiger partial charge on any atom is 0.248 e. The number of carbonyl (C=O) groups is 1. The molecule has 0 aliphatic rings. The lowest BCUT2D eigenvalue weighted by Gasteiger charge is -2.16. The van der Waals surface area contributed by atoms with Gasteiger partial charge in [-0.05, 0) is 18.2 Å². The van der Waals surface area contributed by atoms with Crippen LogP contribution in [0.5, 0.6) is 0 Å². The summed E-state index contributed by atoms with van der Waals surface area (Å²) in [6, 6.07) is 4.11. The summed E-state index contributed by atoms with van der Waals surface area (Å²) in [4.78, 5) is 12.4. The smallest absolute Gasteiger partial charge is 0.248 e. The van der Waals surface area contributed by atoms with E-state index < -0.39 is 15.9 Å². The molecule has 7 heteroatoms. The molecule has 0 bridgehead atoms. The highest BCUT2D eigenvalue weighted by Gasteiger charge is 2.17. The Morgan fingerprint density at radius 1 is 1.31 bits per heavy atom. The molecule has 0 saturated heterocycles. The summed E-state index contributed by atoms with van der Waals surface area (Å²) < 4.78 is 22.7. The first kappa shape index (κ1) is 12.5. The molecule has 0 saturated carbocycles. The number of amides is 1. The molecule has 1 aromatic rings. The molecule has 1 rings (SSSR count). The van der Waals surface area contributed by atoms with Gasteiger partial charge >= 0.3 is 0 Å². The van der Waals surface area contributed by atoms with Crippen LogP contribution in [0.15, 0.2) is 23.1 Å². The van der Waals surface area contributed by atoms with E-state index >= 15 is 0 Å². The van der Waals surface area contributed by atoms with E-state index in [1.807, 2.05) is 0 Å². The standard InChI is InChI=1S/C9H13N3O3S/c1-12(2)7-4-3-6(9(10)13)5-8(7)16(11,14)15/h3-5H,1-2H3,(H2,10,13)(H2,11,14,15). The Bertz CT molecular complexity index is 523. The van der Waals surface area contributed by atoms with Crippen LogP contribution in [0, 0.1) is 0 Å². The van der Waals surface area contributed by atoms with Crippen molar-refractivity contribution in [3.63, 3.8) is 0 Å². The zero-order valence-electron chi connectivity index (χ0n) is 8.97. The molecule has 88 valence electrons. The topological polar surface area (TPSA) is 106 Å². The zero-order valence-corrected chi connectivity index (χ0v) is 9.78. The number of hydrogen-bond acceptors (Lipinski definition) is 4. The minimum absolute atomic E-state index is 0.106. The van der Waals surface area contributed by atoms with Gasteiger partial charge in [0.25, 0.3) is 0 Å². The molecule has 0 aromatic heterocycles. The molecule has 6 nitrogen and oxygen atoms in total. The molecule has 1 amide bonds. The molecule has 16 heavy (non-hydrogen) atoms. The quantitative estimate of drug-likeness (QED) is 0.746. The Labute approximate surface area is 93.9 Å². The van der Waals surface area contributed by atoms with Crippen LogP contribution in [0.3, 0.4) is 0 Å². The van der Waals surface area contributed by atoms with Gasteiger partial charge in [0, 0.05) is 19.7 Å². The fourth-order valence-electron chi connectivity index (χ4n) is 1.26. The number of nitrogens with two attached hydrogens (primary N) is 2. The van der Waals surface area contributed by atoms with Gasteiger partial charge in [-0.15, -0.1) is 0 Å². The Balaban J connectivity index is 3.51. The predicted molar refractivity (Wildman–Crippen MR) is 60.7 cm³/mol. The Morgan fingerprint density at radius 2 is 1.88 bits per heavy atom. The lowest BCUT2D eigenvalue weighted by molar-refractivity contribution is 0.1000. The highest BCUT2D eigenvalue weighted by atomic mass is 32.2. The number of carbonyl (C=O) groups excluding carboxylic acids is 1. The lowest BCUT2D eigenvalue weighted by Crippen LogP contribution is -2.20. The molecule has 0 atom stereocenters. The molecule has 0 radical (unpaired) electrons. The summed E-state index contributed by atoms with van der Waals surface area (Å²) in [5.41, 5.74) is 5.58. The van der Waals surface area contributed by atoms with Crippen LogP contribution in [-0.2, 0) is 10.0 Å². The second-order valence-corrected chi connectivity index (χ2v) is 5.02. The van der Waals surface area contributed by atoms with Crippen molar-refractivity contribution in [1.82, 2.24) is 0 Å².